The Bertz CT molecular complexity index is 819. The fraction of sp³-hybridized carbons (Fsp3) is 0.417. The number of hydrogen-bond donors (Lipinski definition) is 3. The van der Waals surface area contributed by atoms with E-state index in [0.29, 0.717) is 17.2 Å². The van der Waals surface area contributed by atoms with E-state index in [9.17, 15) is 9.59 Å². The molecular formula is C24H33N3O2. The summed E-state index contributed by atoms with van der Waals surface area (Å²) in [6.07, 6.45) is 0. The van der Waals surface area contributed by atoms with Crippen molar-refractivity contribution >= 4 is 17.5 Å². The van der Waals surface area contributed by atoms with Gasteiger partial charge in [0.2, 0.25) is 5.91 Å². The van der Waals surface area contributed by atoms with Crippen LogP contribution in [0.5, 0.6) is 0 Å². The summed E-state index contributed by atoms with van der Waals surface area (Å²) in [7, 11) is 1.59. The standard InChI is InChI=1S/C24H33N3O2/c1-16(2)22(17-7-11-19(12-8-17)24(3,4)5)26-15-21(28)27-20-13-9-18(10-14-20)23(29)25-6/h7-14,16,22,26H,15H2,1-6H3,(H,25,29)(H,27,28)/t22-/m0/s1. The zero-order chi connectivity index (χ0) is 21.6. The first-order valence-corrected chi connectivity index (χ1v) is 10.1. The monoisotopic (exact) mass is 395 g/mol. The van der Waals surface area contributed by atoms with Gasteiger partial charge < -0.3 is 16.0 Å². The lowest BCUT2D eigenvalue weighted by Gasteiger charge is -2.25. The molecule has 2 rings (SSSR count). The number of rotatable bonds is 7. The van der Waals surface area contributed by atoms with E-state index in [4.69, 9.17) is 0 Å². The van der Waals surface area contributed by atoms with Gasteiger partial charge in [0.05, 0.1) is 6.54 Å². The zero-order valence-electron chi connectivity index (χ0n) is 18.3. The van der Waals surface area contributed by atoms with Gasteiger partial charge in [-0.2, -0.15) is 0 Å². The average molecular weight is 396 g/mol. The third-order valence-electron chi connectivity index (χ3n) is 4.94. The summed E-state index contributed by atoms with van der Waals surface area (Å²) in [6, 6.07) is 15.6. The molecule has 156 valence electrons. The molecule has 29 heavy (non-hydrogen) atoms. The zero-order valence-corrected chi connectivity index (χ0v) is 18.3. The van der Waals surface area contributed by atoms with E-state index < -0.39 is 0 Å². The number of benzene rings is 2. The Balaban J connectivity index is 1.98. The summed E-state index contributed by atoms with van der Waals surface area (Å²) in [5.41, 5.74) is 3.81. The van der Waals surface area contributed by atoms with Crippen LogP contribution in [-0.4, -0.2) is 25.4 Å². The Morgan fingerprint density at radius 1 is 0.931 bits per heavy atom. The lowest BCUT2D eigenvalue weighted by molar-refractivity contribution is -0.115. The van der Waals surface area contributed by atoms with Crippen molar-refractivity contribution < 1.29 is 9.59 Å². The molecule has 0 spiro atoms. The molecule has 0 fully saturated rings. The Kier molecular flexibility index (Phi) is 7.57. The van der Waals surface area contributed by atoms with Crippen molar-refractivity contribution in [3.05, 3.63) is 65.2 Å². The van der Waals surface area contributed by atoms with Gasteiger partial charge in [-0.25, -0.2) is 0 Å². The number of carbonyl (C=O) groups is 2. The average Bonchev–Trinajstić information content (AvgIpc) is 2.67. The van der Waals surface area contributed by atoms with Gasteiger partial charge in [-0.3, -0.25) is 9.59 Å². The highest BCUT2D eigenvalue weighted by Gasteiger charge is 2.19. The van der Waals surface area contributed by atoms with Gasteiger partial charge in [0.15, 0.2) is 0 Å². The Morgan fingerprint density at radius 2 is 1.52 bits per heavy atom. The van der Waals surface area contributed by atoms with Crippen LogP contribution < -0.4 is 16.0 Å². The van der Waals surface area contributed by atoms with Crippen molar-refractivity contribution in [2.24, 2.45) is 5.92 Å². The van der Waals surface area contributed by atoms with Crippen LogP contribution in [0.3, 0.4) is 0 Å². The largest absolute Gasteiger partial charge is 0.355 e. The van der Waals surface area contributed by atoms with Gasteiger partial charge in [0.1, 0.15) is 0 Å². The maximum absolute atomic E-state index is 12.4. The number of amides is 2. The van der Waals surface area contributed by atoms with Crippen LogP contribution in [0.2, 0.25) is 0 Å². The highest BCUT2D eigenvalue weighted by Crippen LogP contribution is 2.26. The predicted molar refractivity (Wildman–Crippen MR) is 119 cm³/mol. The molecule has 0 aliphatic rings. The normalized spacial score (nSPS) is 12.5. The third-order valence-corrected chi connectivity index (χ3v) is 4.94. The number of nitrogens with one attached hydrogen (secondary N) is 3. The van der Waals surface area contributed by atoms with Crippen LogP contribution >= 0.6 is 0 Å². The fourth-order valence-corrected chi connectivity index (χ4v) is 3.19. The molecule has 5 nitrogen and oxygen atoms in total. The molecule has 5 heteroatoms. The van der Waals surface area contributed by atoms with Gasteiger partial charge >= 0.3 is 0 Å². The van der Waals surface area contributed by atoms with E-state index in [0.717, 1.165) is 0 Å². The van der Waals surface area contributed by atoms with E-state index in [1.165, 1.54) is 11.1 Å². The maximum Gasteiger partial charge on any atom is 0.251 e. The molecule has 0 aliphatic heterocycles. The summed E-state index contributed by atoms with van der Waals surface area (Å²) >= 11 is 0. The van der Waals surface area contributed by atoms with Crippen LogP contribution in [0.1, 0.15) is 62.1 Å². The maximum atomic E-state index is 12.4. The van der Waals surface area contributed by atoms with E-state index in [1.54, 1.807) is 31.3 Å². The van der Waals surface area contributed by atoms with Crippen molar-refractivity contribution in [3.63, 3.8) is 0 Å². The SMILES string of the molecule is CNC(=O)c1ccc(NC(=O)CN[C@H](c2ccc(C(C)(C)C)cc2)C(C)C)cc1. The molecule has 0 aromatic heterocycles. The highest BCUT2D eigenvalue weighted by molar-refractivity contribution is 5.96. The van der Waals surface area contributed by atoms with Crippen LogP contribution in [0.25, 0.3) is 0 Å². The minimum absolute atomic E-state index is 0.0883. The first kappa shape index (κ1) is 22.6. The van der Waals surface area contributed by atoms with Crippen molar-refractivity contribution in [2.75, 3.05) is 18.9 Å². The van der Waals surface area contributed by atoms with E-state index >= 15 is 0 Å². The van der Waals surface area contributed by atoms with Gasteiger partial charge in [0, 0.05) is 24.3 Å². The summed E-state index contributed by atoms with van der Waals surface area (Å²) in [5, 5.41) is 8.82. The molecule has 2 amide bonds. The summed E-state index contributed by atoms with van der Waals surface area (Å²) < 4.78 is 0. The van der Waals surface area contributed by atoms with Crippen LogP contribution in [0, 0.1) is 5.92 Å². The molecule has 0 saturated heterocycles. The molecule has 3 N–H and O–H groups in total. The number of carbonyl (C=O) groups excluding carboxylic acids is 2. The summed E-state index contributed by atoms with van der Waals surface area (Å²) in [4.78, 5) is 24.0. The molecule has 0 radical (unpaired) electrons. The van der Waals surface area contributed by atoms with Gasteiger partial charge in [0.25, 0.3) is 5.91 Å². The minimum atomic E-state index is -0.151. The van der Waals surface area contributed by atoms with Crippen molar-refractivity contribution in [3.8, 4) is 0 Å². The molecule has 1 atom stereocenters. The molecule has 2 aromatic rings. The molecule has 0 bridgehead atoms. The molecule has 0 aliphatic carbocycles. The van der Waals surface area contributed by atoms with Gasteiger partial charge in [-0.15, -0.1) is 0 Å². The van der Waals surface area contributed by atoms with Crippen LogP contribution in [0.15, 0.2) is 48.5 Å². The smallest absolute Gasteiger partial charge is 0.251 e. The fourth-order valence-electron chi connectivity index (χ4n) is 3.19. The Morgan fingerprint density at radius 3 is 2.00 bits per heavy atom. The quantitative estimate of drug-likeness (QED) is 0.656. The molecular weight excluding hydrogens is 362 g/mol. The van der Waals surface area contributed by atoms with Crippen molar-refractivity contribution in [2.45, 2.75) is 46.1 Å². The summed E-state index contributed by atoms with van der Waals surface area (Å²) in [6.45, 7) is 11.1. The van der Waals surface area contributed by atoms with Crippen LogP contribution in [0.4, 0.5) is 5.69 Å². The van der Waals surface area contributed by atoms with Gasteiger partial charge in [-0.1, -0.05) is 58.9 Å². The lowest BCUT2D eigenvalue weighted by Crippen LogP contribution is -2.33. The number of anilines is 1. The van der Waals surface area contributed by atoms with Crippen molar-refractivity contribution in [1.29, 1.82) is 0 Å². The predicted octanol–water partition coefficient (Wildman–Crippen LogP) is 4.27. The van der Waals surface area contributed by atoms with E-state index in [-0.39, 0.29) is 29.8 Å². The highest BCUT2D eigenvalue weighted by atomic mass is 16.2. The second-order valence-corrected chi connectivity index (χ2v) is 8.68. The lowest BCUT2D eigenvalue weighted by atomic mass is 9.85. The first-order valence-electron chi connectivity index (χ1n) is 10.1. The Hall–Kier alpha value is -2.66. The third kappa shape index (κ3) is 6.43. The summed E-state index contributed by atoms with van der Waals surface area (Å²) in [5.74, 6) is 0.0755. The Labute approximate surface area is 174 Å². The molecule has 0 heterocycles. The minimum Gasteiger partial charge on any atom is -0.355 e. The molecule has 0 unspecified atom stereocenters. The molecule has 0 saturated carbocycles. The number of hydrogen-bond acceptors (Lipinski definition) is 3. The second-order valence-electron chi connectivity index (χ2n) is 8.68. The van der Waals surface area contributed by atoms with E-state index in [1.807, 2.05) is 0 Å². The van der Waals surface area contributed by atoms with Crippen LogP contribution in [-0.2, 0) is 10.2 Å². The van der Waals surface area contributed by atoms with Crippen molar-refractivity contribution in [1.82, 2.24) is 10.6 Å². The first-order chi connectivity index (χ1) is 13.6. The van der Waals surface area contributed by atoms with Gasteiger partial charge in [-0.05, 0) is 46.7 Å². The molecule has 2 aromatic carbocycles. The topological polar surface area (TPSA) is 70.2 Å². The van der Waals surface area contributed by atoms with E-state index in [2.05, 4.69) is 74.8 Å². The second kappa shape index (κ2) is 9.70.